The molecule has 2 rings (SSSR count). The Morgan fingerprint density at radius 1 is 1.55 bits per heavy atom. The number of aromatic nitrogens is 1. The van der Waals surface area contributed by atoms with Crippen LogP contribution in [0, 0.1) is 0 Å². The molecule has 5 heteroatoms. The number of carbonyl (C=O) groups is 1. The molecule has 0 bridgehead atoms. The van der Waals surface area contributed by atoms with Crippen molar-refractivity contribution in [3.05, 3.63) is 28.4 Å². The van der Waals surface area contributed by atoms with E-state index < -0.39 is 71.8 Å². The normalized spacial score (nSPS) is 37.5. The van der Waals surface area contributed by atoms with Crippen LogP contribution < -0.4 is 0 Å². The number of amides is 1. The van der Waals surface area contributed by atoms with E-state index in [9.17, 15) is 4.79 Å². The van der Waals surface area contributed by atoms with Crippen LogP contribution in [0.1, 0.15) is 61.4 Å². The number of hydrogen-bond acceptors (Lipinski definition) is 3. The van der Waals surface area contributed by atoms with Gasteiger partial charge in [-0.1, -0.05) is 0 Å². The highest BCUT2D eigenvalue weighted by Gasteiger charge is 2.27. The largest absolute Gasteiger partial charge is 0.444 e. The molecule has 0 unspecified atom stereocenters. The SMILES string of the molecule is [2H]c1nc([2H])c(C2([2H])C([2H])([2H])C([2H])([2H])N(C(=O)OC(C)(C)C)C([2H])([2H])C2([2H])[2H])c([2H])c1Br. The Balaban J connectivity index is 2.96. The van der Waals surface area contributed by atoms with Gasteiger partial charge >= 0.3 is 6.09 Å². The van der Waals surface area contributed by atoms with Crippen molar-refractivity contribution in [2.45, 2.75) is 45.0 Å². The number of nitrogens with zero attached hydrogens (tertiary/aromatic N) is 2. The predicted octanol–water partition coefficient (Wildman–Crippen LogP) is 3.96. The quantitative estimate of drug-likeness (QED) is 0.768. The first-order valence-corrected chi connectivity index (χ1v) is 6.46. The molecule has 2 heterocycles. The molecule has 0 atom stereocenters. The Morgan fingerprint density at radius 2 is 2.20 bits per heavy atom. The highest BCUT2D eigenvalue weighted by Crippen LogP contribution is 2.29. The third-order valence-electron chi connectivity index (χ3n) is 1.97. The summed E-state index contributed by atoms with van der Waals surface area (Å²) < 4.78 is 104. The third kappa shape index (κ3) is 4.20. The lowest BCUT2D eigenvalue weighted by Gasteiger charge is -2.33. The fourth-order valence-electron chi connectivity index (χ4n) is 1.22. The molecule has 4 nitrogen and oxygen atoms in total. The second-order valence-corrected chi connectivity index (χ2v) is 5.61. The fourth-order valence-corrected chi connectivity index (χ4v) is 1.51. The second-order valence-electron chi connectivity index (χ2n) is 4.81. The monoisotopic (exact) mass is 352 g/mol. The van der Waals surface area contributed by atoms with Gasteiger partial charge in [-0.15, -0.1) is 0 Å². The number of piperidine rings is 1. The van der Waals surface area contributed by atoms with Crippen LogP contribution in [0.5, 0.6) is 0 Å². The van der Waals surface area contributed by atoms with Gasteiger partial charge in [-0.2, -0.15) is 0 Å². The number of carbonyl (C=O) groups excluding carboxylic acids is 1. The zero-order chi connectivity index (χ0) is 25.5. The molecular weight excluding hydrogens is 320 g/mol. The van der Waals surface area contributed by atoms with Crippen LogP contribution in [0.15, 0.2) is 22.9 Å². The fraction of sp³-hybridized carbons (Fsp3) is 0.600. The van der Waals surface area contributed by atoms with Crippen LogP contribution in [0.4, 0.5) is 4.79 Å². The van der Waals surface area contributed by atoms with E-state index in [1.54, 1.807) is 0 Å². The number of pyridine rings is 1. The lowest BCUT2D eigenvalue weighted by atomic mass is 9.91. The smallest absolute Gasteiger partial charge is 0.410 e. The maximum absolute atomic E-state index is 12.7. The Labute approximate surface area is 145 Å². The minimum Gasteiger partial charge on any atom is -0.444 e. The van der Waals surface area contributed by atoms with Gasteiger partial charge in [-0.3, -0.25) is 4.98 Å². The molecule has 1 aromatic rings. The molecule has 1 aliphatic rings. The zero-order valence-electron chi connectivity index (χ0n) is 23.1. The summed E-state index contributed by atoms with van der Waals surface area (Å²) in [6.45, 7) is -3.19. The summed E-state index contributed by atoms with van der Waals surface area (Å²) in [5, 5.41) is 0. The summed E-state index contributed by atoms with van der Waals surface area (Å²) in [6.07, 6.45) is -10.9. The van der Waals surface area contributed by atoms with E-state index in [-0.39, 0.29) is 4.90 Å². The highest BCUT2D eigenvalue weighted by molar-refractivity contribution is 9.10. The Kier molecular flexibility index (Phi) is 1.82. The van der Waals surface area contributed by atoms with E-state index in [4.69, 9.17) is 21.2 Å². The predicted molar refractivity (Wildman–Crippen MR) is 81.7 cm³/mol. The van der Waals surface area contributed by atoms with Crippen molar-refractivity contribution in [1.29, 1.82) is 0 Å². The molecule has 0 radical (unpaired) electrons. The third-order valence-corrected chi connectivity index (χ3v) is 2.34. The molecule has 0 saturated carbocycles. The van der Waals surface area contributed by atoms with Crippen molar-refractivity contribution in [2.75, 3.05) is 13.0 Å². The minimum absolute atomic E-state index is 0.355. The second kappa shape index (κ2) is 6.12. The molecule has 1 aliphatic heterocycles. The number of hydrogen-bond donors (Lipinski definition) is 0. The molecule has 0 spiro atoms. The molecule has 0 N–H and O–H groups in total. The van der Waals surface area contributed by atoms with Gasteiger partial charge < -0.3 is 9.64 Å². The van der Waals surface area contributed by atoms with Crippen LogP contribution >= 0.6 is 15.9 Å². The standard InChI is InChI=1S/C15H21BrN2O2/c1-15(2,3)20-14(19)18-6-4-11(5-7-18)12-8-13(16)10-17-9-12/h8-11H,4-7H2,1-3H3/i4D2,5D2,6D2,7D2,8D,9D,10D,11D. The molecule has 20 heavy (non-hydrogen) atoms. The zero-order valence-corrected chi connectivity index (χ0v) is 12.7. The van der Waals surface area contributed by atoms with Gasteiger partial charge in [-0.25, -0.2) is 4.79 Å². The number of rotatable bonds is 1. The van der Waals surface area contributed by atoms with Gasteiger partial charge in [-0.05, 0) is 66.9 Å². The van der Waals surface area contributed by atoms with Gasteiger partial charge in [0.1, 0.15) is 5.60 Å². The van der Waals surface area contributed by atoms with Crippen molar-refractivity contribution in [2.24, 2.45) is 0 Å². The summed E-state index contributed by atoms with van der Waals surface area (Å²) in [6, 6.07) is -0.893. The van der Waals surface area contributed by atoms with Crippen molar-refractivity contribution in [3.63, 3.8) is 0 Å². The molecule has 1 fully saturated rings. The van der Waals surface area contributed by atoms with E-state index in [0.29, 0.717) is 0 Å². The summed E-state index contributed by atoms with van der Waals surface area (Å²) in [5.74, 6) is -3.59. The topological polar surface area (TPSA) is 42.4 Å². The summed E-state index contributed by atoms with van der Waals surface area (Å²) in [4.78, 5) is 15.8. The van der Waals surface area contributed by atoms with Crippen LogP contribution in [-0.2, 0) is 4.74 Å². The van der Waals surface area contributed by atoms with Crippen LogP contribution in [-0.4, -0.2) is 34.6 Å². The van der Waals surface area contributed by atoms with Crippen molar-refractivity contribution in [1.82, 2.24) is 9.88 Å². The average Bonchev–Trinajstić information content (AvgIpc) is 2.55. The minimum atomic E-state index is -3.73. The molecule has 0 aromatic carbocycles. The van der Waals surface area contributed by atoms with E-state index in [1.165, 1.54) is 20.8 Å². The van der Waals surface area contributed by atoms with Crippen molar-refractivity contribution < 1.29 is 26.0 Å². The Morgan fingerprint density at radius 3 is 2.80 bits per heavy atom. The molecule has 1 saturated heterocycles. The number of likely N-dealkylation sites (tertiary alicyclic amines) is 1. The van der Waals surface area contributed by atoms with E-state index >= 15 is 0 Å². The maximum Gasteiger partial charge on any atom is 0.410 e. The van der Waals surface area contributed by atoms with E-state index in [1.807, 2.05) is 0 Å². The molecule has 110 valence electrons. The van der Waals surface area contributed by atoms with Gasteiger partial charge in [0.15, 0.2) is 0 Å². The molecule has 1 aromatic heterocycles. The van der Waals surface area contributed by atoms with E-state index in [2.05, 4.69) is 20.9 Å². The highest BCUT2D eigenvalue weighted by atomic mass is 79.9. The lowest BCUT2D eigenvalue weighted by molar-refractivity contribution is 0.0205. The average molecular weight is 353 g/mol. The van der Waals surface area contributed by atoms with Gasteiger partial charge in [0.2, 0.25) is 0 Å². The van der Waals surface area contributed by atoms with Gasteiger partial charge in [0, 0.05) is 42.1 Å². The number of halogens is 1. The molecule has 0 aliphatic carbocycles. The summed E-state index contributed by atoms with van der Waals surface area (Å²) in [5.41, 5.74) is -2.34. The van der Waals surface area contributed by atoms with Crippen molar-refractivity contribution >= 4 is 22.0 Å². The lowest BCUT2D eigenvalue weighted by Crippen LogP contribution is -2.41. The van der Waals surface area contributed by atoms with Crippen LogP contribution in [0.2, 0.25) is 0 Å². The molecule has 1 amide bonds. The van der Waals surface area contributed by atoms with Crippen LogP contribution in [0.3, 0.4) is 0 Å². The number of ether oxygens (including phenoxy) is 1. The van der Waals surface area contributed by atoms with Gasteiger partial charge in [0.25, 0.3) is 0 Å². The summed E-state index contributed by atoms with van der Waals surface area (Å²) >= 11 is 2.83. The van der Waals surface area contributed by atoms with Gasteiger partial charge in [0.05, 0.1) is 4.11 Å². The molecular formula is C15H21BrN2O2. The Hall–Kier alpha value is -1.10. The maximum atomic E-state index is 12.7. The first-order valence-electron chi connectivity index (χ1n) is 11.7. The summed E-state index contributed by atoms with van der Waals surface area (Å²) in [7, 11) is 0. The Bertz CT molecular complexity index is 935. The first kappa shape index (κ1) is 5.95. The van der Waals surface area contributed by atoms with E-state index in [0.717, 1.165) is 0 Å². The van der Waals surface area contributed by atoms with Crippen molar-refractivity contribution in [3.8, 4) is 0 Å². The van der Waals surface area contributed by atoms with Crippen LogP contribution in [0.25, 0.3) is 0 Å². The first-order chi connectivity index (χ1) is 14.0.